The summed E-state index contributed by atoms with van der Waals surface area (Å²) in [5.74, 6) is 1.02. The maximum absolute atomic E-state index is 6.01. The summed E-state index contributed by atoms with van der Waals surface area (Å²) in [6, 6.07) is 1.95. The van der Waals surface area contributed by atoms with Gasteiger partial charge in [0, 0.05) is 25.2 Å². The highest BCUT2D eigenvalue weighted by Gasteiger charge is 2.15. The minimum Gasteiger partial charge on any atom is -0.394 e. The lowest BCUT2D eigenvalue weighted by Gasteiger charge is -2.22. The standard InChI is InChI=1S/C18H27N9O/c1-4-28-14(3)13(2)23-17-16(19)11-20-18(25-17)24-15-10-22-27(12-15)9-8-26-7-5-6-21-26/h5-7,10-14H,4,8-9,19H2,1-3H3,(H2,20,23,24,25). The zero-order chi connectivity index (χ0) is 19.9. The number of hydrogen-bond acceptors (Lipinski definition) is 8. The number of aryl methyl sites for hydroxylation is 2. The maximum atomic E-state index is 6.01. The van der Waals surface area contributed by atoms with E-state index < -0.39 is 0 Å². The molecule has 0 aliphatic carbocycles. The first-order chi connectivity index (χ1) is 13.5. The molecule has 0 spiro atoms. The van der Waals surface area contributed by atoms with E-state index in [1.165, 1.54) is 0 Å². The predicted octanol–water partition coefficient (Wildman–Crippen LogP) is 2.12. The van der Waals surface area contributed by atoms with Gasteiger partial charge < -0.3 is 21.1 Å². The van der Waals surface area contributed by atoms with Crippen LogP contribution in [0.3, 0.4) is 0 Å². The average molecular weight is 385 g/mol. The van der Waals surface area contributed by atoms with Crippen molar-refractivity contribution in [1.29, 1.82) is 0 Å². The van der Waals surface area contributed by atoms with Crippen LogP contribution in [0.2, 0.25) is 0 Å². The van der Waals surface area contributed by atoms with E-state index in [0.29, 0.717) is 30.6 Å². The number of nitrogen functional groups attached to an aromatic ring is 1. The van der Waals surface area contributed by atoms with Gasteiger partial charge in [-0.3, -0.25) is 9.36 Å². The third-order valence-electron chi connectivity index (χ3n) is 4.32. The molecule has 0 aromatic carbocycles. The number of anilines is 4. The lowest BCUT2D eigenvalue weighted by molar-refractivity contribution is 0.0663. The molecule has 10 heteroatoms. The summed E-state index contributed by atoms with van der Waals surface area (Å²) in [6.45, 7) is 8.12. The first kappa shape index (κ1) is 19.6. The van der Waals surface area contributed by atoms with Crippen LogP contribution in [0.4, 0.5) is 23.1 Å². The maximum Gasteiger partial charge on any atom is 0.229 e. The molecule has 0 aliphatic heterocycles. The number of hydrogen-bond donors (Lipinski definition) is 3. The van der Waals surface area contributed by atoms with Gasteiger partial charge in [0.2, 0.25) is 5.95 Å². The Hall–Kier alpha value is -3.14. The first-order valence-electron chi connectivity index (χ1n) is 9.32. The van der Waals surface area contributed by atoms with Crippen LogP contribution < -0.4 is 16.4 Å². The fraction of sp³-hybridized carbons (Fsp3) is 0.444. The van der Waals surface area contributed by atoms with Crippen molar-refractivity contribution in [3.05, 3.63) is 37.1 Å². The summed E-state index contributed by atoms with van der Waals surface area (Å²) >= 11 is 0. The number of nitrogens with zero attached hydrogens (tertiary/aromatic N) is 6. The Bertz CT molecular complexity index is 862. The zero-order valence-electron chi connectivity index (χ0n) is 16.4. The normalized spacial score (nSPS) is 13.2. The van der Waals surface area contributed by atoms with E-state index in [4.69, 9.17) is 10.5 Å². The highest BCUT2D eigenvalue weighted by atomic mass is 16.5. The molecular formula is C18H27N9O. The molecule has 0 bridgehead atoms. The molecule has 3 heterocycles. The van der Waals surface area contributed by atoms with Crippen LogP contribution in [0, 0.1) is 0 Å². The van der Waals surface area contributed by atoms with Crippen molar-refractivity contribution in [2.75, 3.05) is 23.0 Å². The minimum absolute atomic E-state index is 0.0313. The summed E-state index contributed by atoms with van der Waals surface area (Å²) in [5, 5.41) is 15.0. The summed E-state index contributed by atoms with van der Waals surface area (Å²) in [4.78, 5) is 8.73. The molecule has 0 saturated carbocycles. The molecule has 4 N–H and O–H groups in total. The van der Waals surface area contributed by atoms with Gasteiger partial charge in [-0.05, 0) is 26.8 Å². The molecule has 0 amide bonds. The van der Waals surface area contributed by atoms with Crippen molar-refractivity contribution in [3.63, 3.8) is 0 Å². The molecule has 0 fully saturated rings. The second kappa shape index (κ2) is 9.18. The molecule has 0 aliphatic rings. The van der Waals surface area contributed by atoms with E-state index >= 15 is 0 Å². The summed E-state index contributed by atoms with van der Waals surface area (Å²) in [7, 11) is 0. The number of nitrogens with one attached hydrogen (secondary N) is 2. The Morgan fingerprint density at radius 2 is 2.00 bits per heavy atom. The zero-order valence-corrected chi connectivity index (χ0v) is 16.4. The molecule has 150 valence electrons. The van der Waals surface area contributed by atoms with Gasteiger partial charge in [0.05, 0.1) is 49.0 Å². The quantitative estimate of drug-likeness (QED) is 0.485. The van der Waals surface area contributed by atoms with Gasteiger partial charge in [0.25, 0.3) is 0 Å². The number of rotatable bonds is 10. The Morgan fingerprint density at radius 3 is 2.75 bits per heavy atom. The second-order valence-corrected chi connectivity index (χ2v) is 6.48. The average Bonchev–Trinajstić information content (AvgIpc) is 3.34. The molecule has 3 rings (SSSR count). The van der Waals surface area contributed by atoms with Crippen LogP contribution in [0.5, 0.6) is 0 Å². The SMILES string of the molecule is CCOC(C)C(C)Nc1nc(Nc2cnn(CCn3cccn3)c2)ncc1N. The highest BCUT2D eigenvalue weighted by molar-refractivity contribution is 5.63. The summed E-state index contributed by atoms with van der Waals surface area (Å²) < 4.78 is 9.32. The number of ether oxygens (including phenoxy) is 1. The molecule has 28 heavy (non-hydrogen) atoms. The van der Waals surface area contributed by atoms with Crippen molar-refractivity contribution in [2.45, 2.75) is 46.0 Å². The lowest BCUT2D eigenvalue weighted by Crippen LogP contribution is -2.31. The number of aromatic nitrogens is 6. The Kier molecular flexibility index (Phi) is 6.43. The predicted molar refractivity (Wildman–Crippen MR) is 108 cm³/mol. The van der Waals surface area contributed by atoms with E-state index in [1.54, 1.807) is 18.6 Å². The van der Waals surface area contributed by atoms with Gasteiger partial charge in [-0.2, -0.15) is 15.2 Å². The molecule has 2 unspecified atom stereocenters. The van der Waals surface area contributed by atoms with Gasteiger partial charge in [-0.15, -0.1) is 0 Å². The Balaban J connectivity index is 1.61. The fourth-order valence-corrected chi connectivity index (χ4v) is 2.62. The smallest absolute Gasteiger partial charge is 0.229 e. The molecule has 3 aromatic heterocycles. The van der Waals surface area contributed by atoms with Gasteiger partial charge in [-0.25, -0.2) is 4.98 Å². The van der Waals surface area contributed by atoms with E-state index in [1.807, 2.05) is 48.6 Å². The van der Waals surface area contributed by atoms with Crippen molar-refractivity contribution in [2.24, 2.45) is 0 Å². The first-order valence-corrected chi connectivity index (χ1v) is 9.32. The largest absolute Gasteiger partial charge is 0.394 e. The van der Waals surface area contributed by atoms with E-state index in [2.05, 4.69) is 30.8 Å². The number of nitrogens with two attached hydrogens (primary N) is 1. The highest BCUT2D eigenvalue weighted by Crippen LogP contribution is 2.20. The topological polar surface area (TPSA) is 121 Å². The summed E-state index contributed by atoms with van der Waals surface area (Å²) in [6.07, 6.45) is 8.93. The van der Waals surface area contributed by atoms with E-state index in [-0.39, 0.29) is 12.1 Å². The second-order valence-electron chi connectivity index (χ2n) is 6.48. The van der Waals surface area contributed by atoms with Crippen LogP contribution >= 0.6 is 0 Å². The Morgan fingerprint density at radius 1 is 1.18 bits per heavy atom. The van der Waals surface area contributed by atoms with Crippen LogP contribution in [0.25, 0.3) is 0 Å². The van der Waals surface area contributed by atoms with Crippen LogP contribution in [-0.4, -0.2) is 48.3 Å². The fourth-order valence-electron chi connectivity index (χ4n) is 2.62. The van der Waals surface area contributed by atoms with Gasteiger partial charge in [0.15, 0.2) is 5.82 Å². The molecule has 0 saturated heterocycles. The molecule has 3 aromatic rings. The van der Waals surface area contributed by atoms with E-state index in [9.17, 15) is 0 Å². The molecule has 0 radical (unpaired) electrons. The van der Waals surface area contributed by atoms with Crippen molar-refractivity contribution < 1.29 is 4.74 Å². The molecule has 10 nitrogen and oxygen atoms in total. The van der Waals surface area contributed by atoms with Gasteiger partial charge in [0.1, 0.15) is 0 Å². The van der Waals surface area contributed by atoms with Crippen molar-refractivity contribution >= 4 is 23.1 Å². The van der Waals surface area contributed by atoms with Crippen LogP contribution in [0.1, 0.15) is 20.8 Å². The van der Waals surface area contributed by atoms with Crippen molar-refractivity contribution in [1.82, 2.24) is 29.5 Å². The van der Waals surface area contributed by atoms with Gasteiger partial charge in [-0.1, -0.05) is 0 Å². The monoisotopic (exact) mass is 385 g/mol. The summed E-state index contributed by atoms with van der Waals surface area (Å²) in [5.41, 5.74) is 7.29. The van der Waals surface area contributed by atoms with Crippen molar-refractivity contribution in [3.8, 4) is 0 Å². The third-order valence-corrected chi connectivity index (χ3v) is 4.32. The van der Waals surface area contributed by atoms with Crippen LogP contribution in [0.15, 0.2) is 37.1 Å². The Labute approximate surface area is 164 Å². The van der Waals surface area contributed by atoms with Crippen LogP contribution in [-0.2, 0) is 17.8 Å². The minimum atomic E-state index is 0.0313. The molecular weight excluding hydrogens is 358 g/mol. The van der Waals surface area contributed by atoms with E-state index in [0.717, 1.165) is 12.2 Å². The third kappa shape index (κ3) is 5.19. The molecule has 2 atom stereocenters. The van der Waals surface area contributed by atoms with Gasteiger partial charge >= 0.3 is 0 Å². The lowest BCUT2D eigenvalue weighted by atomic mass is 10.2.